The molecule has 3 heterocycles. The molecule has 0 saturated carbocycles. The smallest absolute Gasteiger partial charge is 0.410 e. The lowest BCUT2D eigenvalue weighted by molar-refractivity contribution is 0.0223. The third-order valence-corrected chi connectivity index (χ3v) is 6.14. The van der Waals surface area contributed by atoms with Crippen LogP contribution in [0.5, 0.6) is 0 Å². The van der Waals surface area contributed by atoms with Gasteiger partial charge in [0.2, 0.25) is 0 Å². The Morgan fingerprint density at radius 2 is 2.17 bits per heavy atom. The van der Waals surface area contributed by atoms with Crippen LogP contribution >= 0.6 is 11.3 Å². The maximum Gasteiger partial charge on any atom is 0.410 e. The highest BCUT2D eigenvalue weighted by Gasteiger charge is 2.31. The summed E-state index contributed by atoms with van der Waals surface area (Å²) < 4.78 is 6.78. The Bertz CT molecular complexity index is 1040. The van der Waals surface area contributed by atoms with Crippen LogP contribution in [0.3, 0.4) is 0 Å². The van der Waals surface area contributed by atoms with Crippen LogP contribution in [0, 0.1) is 0 Å². The lowest BCUT2D eigenvalue weighted by Crippen LogP contribution is -2.40. The van der Waals surface area contributed by atoms with Gasteiger partial charge in [0.1, 0.15) is 11.4 Å². The predicted molar refractivity (Wildman–Crippen MR) is 121 cm³/mol. The molecular formula is C22H28N4O2S. The molecule has 1 aliphatic heterocycles. The highest BCUT2D eigenvalue weighted by Crippen LogP contribution is 2.34. The Kier molecular flexibility index (Phi) is 5.25. The molecule has 1 aromatic carbocycles. The first-order valence-corrected chi connectivity index (χ1v) is 11.0. The molecule has 1 amide bonds. The van der Waals surface area contributed by atoms with Gasteiger partial charge in [-0.2, -0.15) is 0 Å². The summed E-state index contributed by atoms with van der Waals surface area (Å²) in [4.78, 5) is 19.2. The number of carbonyl (C=O) groups excluding carboxylic acids is 1. The minimum Gasteiger partial charge on any atom is -0.444 e. The van der Waals surface area contributed by atoms with Crippen LogP contribution in [-0.4, -0.2) is 40.7 Å². The van der Waals surface area contributed by atoms with Gasteiger partial charge in [-0.15, -0.1) is 11.3 Å². The minimum atomic E-state index is -0.468. The maximum atomic E-state index is 12.5. The third-order valence-electron chi connectivity index (χ3n) is 5.19. The molecule has 0 bridgehead atoms. The summed E-state index contributed by atoms with van der Waals surface area (Å²) in [6.07, 6.45) is 2.68. The van der Waals surface area contributed by atoms with Crippen molar-refractivity contribution in [1.29, 1.82) is 0 Å². The highest BCUT2D eigenvalue weighted by molar-refractivity contribution is 7.18. The number of likely N-dealkylation sites (tertiary alicyclic amines) is 1. The Morgan fingerprint density at radius 3 is 2.97 bits per heavy atom. The number of amides is 1. The fraction of sp³-hybridized carbons (Fsp3) is 0.455. The Hall–Kier alpha value is -2.54. The van der Waals surface area contributed by atoms with Crippen molar-refractivity contribution in [2.45, 2.75) is 51.7 Å². The van der Waals surface area contributed by atoms with Crippen molar-refractivity contribution >= 4 is 49.9 Å². The molecule has 1 saturated heterocycles. The zero-order valence-corrected chi connectivity index (χ0v) is 18.0. The van der Waals surface area contributed by atoms with E-state index in [1.165, 1.54) is 4.70 Å². The van der Waals surface area contributed by atoms with Crippen LogP contribution in [0.2, 0.25) is 0 Å². The lowest BCUT2D eigenvalue weighted by atomic mass is 10.1. The summed E-state index contributed by atoms with van der Waals surface area (Å²) in [5.41, 5.74) is 7.10. The van der Waals surface area contributed by atoms with E-state index in [9.17, 15) is 4.79 Å². The maximum absolute atomic E-state index is 12.5. The molecule has 1 aliphatic rings. The first kappa shape index (κ1) is 19.8. The standard InChI is InChI=1S/C22H28N4O2S/c1-22(2,3)28-21(27)26-11-4-5-15(26)8-10-24-20-17-9-12-29-19(17)16-7-6-14(23)13-18(16)25-20/h6-7,9,12-13,15H,4-5,8,10-11,23H2,1-3H3,(H,24,25). The minimum absolute atomic E-state index is 0.200. The van der Waals surface area contributed by atoms with Gasteiger partial charge in [0.15, 0.2) is 0 Å². The molecule has 3 aromatic rings. The van der Waals surface area contributed by atoms with Gasteiger partial charge >= 0.3 is 6.09 Å². The average Bonchev–Trinajstić information content (AvgIpc) is 3.29. The van der Waals surface area contributed by atoms with Gasteiger partial charge in [0.25, 0.3) is 0 Å². The first-order chi connectivity index (χ1) is 13.8. The first-order valence-electron chi connectivity index (χ1n) is 10.1. The van der Waals surface area contributed by atoms with Crippen molar-refractivity contribution in [1.82, 2.24) is 9.88 Å². The number of thiophene rings is 1. The molecule has 0 aliphatic carbocycles. The van der Waals surface area contributed by atoms with Crippen molar-refractivity contribution in [2.24, 2.45) is 0 Å². The number of carbonyl (C=O) groups is 1. The summed E-state index contributed by atoms with van der Waals surface area (Å²) in [6, 6.07) is 8.18. The third kappa shape index (κ3) is 4.24. The number of fused-ring (bicyclic) bond motifs is 3. The number of aromatic nitrogens is 1. The summed E-state index contributed by atoms with van der Waals surface area (Å²) in [7, 11) is 0. The van der Waals surface area contributed by atoms with Crippen molar-refractivity contribution in [3.05, 3.63) is 29.6 Å². The molecule has 1 fully saturated rings. The average molecular weight is 413 g/mol. The van der Waals surface area contributed by atoms with E-state index in [4.69, 9.17) is 15.5 Å². The number of nitrogen functional groups attached to an aromatic ring is 1. The van der Waals surface area contributed by atoms with E-state index in [-0.39, 0.29) is 12.1 Å². The number of hydrogen-bond donors (Lipinski definition) is 2. The van der Waals surface area contributed by atoms with E-state index < -0.39 is 5.60 Å². The molecule has 2 aromatic heterocycles. The predicted octanol–water partition coefficient (Wildman–Crippen LogP) is 5.23. The number of ether oxygens (including phenoxy) is 1. The van der Waals surface area contributed by atoms with Gasteiger partial charge in [-0.3, -0.25) is 0 Å². The van der Waals surface area contributed by atoms with Gasteiger partial charge < -0.3 is 20.7 Å². The van der Waals surface area contributed by atoms with E-state index in [0.29, 0.717) is 5.69 Å². The van der Waals surface area contributed by atoms with Crippen LogP contribution in [-0.2, 0) is 4.74 Å². The lowest BCUT2D eigenvalue weighted by Gasteiger charge is -2.28. The SMILES string of the molecule is CC(C)(C)OC(=O)N1CCCC1CCNc1nc2cc(N)ccc2c2sccc12. The second-order valence-electron chi connectivity index (χ2n) is 8.59. The second-order valence-corrected chi connectivity index (χ2v) is 9.50. The Morgan fingerprint density at radius 1 is 1.34 bits per heavy atom. The summed E-state index contributed by atoms with van der Waals surface area (Å²) in [5, 5.41) is 7.84. The van der Waals surface area contributed by atoms with Crippen LogP contribution < -0.4 is 11.1 Å². The molecule has 1 unspecified atom stereocenters. The number of nitrogens with one attached hydrogen (secondary N) is 1. The molecule has 0 spiro atoms. The van der Waals surface area contributed by atoms with Crippen molar-refractivity contribution in [2.75, 3.05) is 24.1 Å². The molecule has 4 rings (SSSR count). The highest BCUT2D eigenvalue weighted by atomic mass is 32.1. The van der Waals surface area contributed by atoms with E-state index in [1.54, 1.807) is 11.3 Å². The molecule has 154 valence electrons. The number of benzene rings is 1. The molecule has 1 atom stereocenters. The van der Waals surface area contributed by atoms with Gasteiger partial charge in [0.05, 0.1) is 5.52 Å². The Labute approximate surface area is 175 Å². The largest absolute Gasteiger partial charge is 0.444 e. The van der Waals surface area contributed by atoms with Crippen LogP contribution in [0.4, 0.5) is 16.3 Å². The number of pyridine rings is 1. The summed E-state index contributed by atoms with van der Waals surface area (Å²) in [6.45, 7) is 7.23. The number of anilines is 2. The molecule has 6 nitrogen and oxygen atoms in total. The number of hydrogen-bond acceptors (Lipinski definition) is 6. The normalized spacial score (nSPS) is 17.2. The van der Waals surface area contributed by atoms with Crippen LogP contribution in [0.1, 0.15) is 40.0 Å². The monoisotopic (exact) mass is 412 g/mol. The van der Waals surface area contributed by atoms with E-state index >= 15 is 0 Å². The van der Waals surface area contributed by atoms with Crippen LogP contribution in [0.15, 0.2) is 29.6 Å². The summed E-state index contributed by atoms with van der Waals surface area (Å²) >= 11 is 1.71. The topological polar surface area (TPSA) is 80.5 Å². The van der Waals surface area contributed by atoms with Crippen molar-refractivity contribution < 1.29 is 9.53 Å². The fourth-order valence-corrected chi connectivity index (χ4v) is 4.84. The molecule has 7 heteroatoms. The zero-order valence-electron chi connectivity index (χ0n) is 17.2. The molecular weight excluding hydrogens is 384 g/mol. The number of rotatable bonds is 4. The fourth-order valence-electron chi connectivity index (χ4n) is 3.91. The molecule has 29 heavy (non-hydrogen) atoms. The number of nitrogens with two attached hydrogens (primary N) is 1. The molecule has 3 N–H and O–H groups in total. The van der Waals surface area contributed by atoms with Crippen molar-refractivity contribution in [3.63, 3.8) is 0 Å². The summed E-state index contributed by atoms with van der Waals surface area (Å²) in [5.74, 6) is 0.876. The molecule has 0 radical (unpaired) electrons. The second kappa shape index (κ2) is 7.71. The zero-order chi connectivity index (χ0) is 20.6. The number of nitrogens with zero attached hydrogens (tertiary/aromatic N) is 2. The van der Waals surface area contributed by atoms with E-state index in [0.717, 1.165) is 54.5 Å². The van der Waals surface area contributed by atoms with E-state index in [1.807, 2.05) is 43.9 Å². The quantitative estimate of drug-likeness (QED) is 0.573. The van der Waals surface area contributed by atoms with Gasteiger partial charge in [-0.25, -0.2) is 9.78 Å². The Balaban J connectivity index is 1.47. The van der Waals surface area contributed by atoms with Gasteiger partial charge in [0, 0.05) is 40.3 Å². The van der Waals surface area contributed by atoms with Crippen molar-refractivity contribution in [3.8, 4) is 0 Å². The van der Waals surface area contributed by atoms with Gasteiger partial charge in [-0.1, -0.05) is 0 Å². The van der Waals surface area contributed by atoms with Crippen LogP contribution in [0.25, 0.3) is 21.0 Å². The van der Waals surface area contributed by atoms with E-state index in [2.05, 4.69) is 16.8 Å². The van der Waals surface area contributed by atoms with Gasteiger partial charge in [-0.05, 0) is 69.7 Å².